The lowest BCUT2D eigenvalue weighted by Crippen LogP contribution is -2.14. The highest BCUT2D eigenvalue weighted by Crippen LogP contribution is 2.31. The minimum absolute atomic E-state index is 0.868. The van der Waals surface area contributed by atoms with Gasteiger partial charge in [0.15, 0.2) is 0 Å². The third-order valence-electron chi connectivity index (χ3n) is 3.18. The third kappa shape index (κ3) is 3.24. The second-order valence-electron chi connectivity index (χ2n) is 5.02. The van der Waals surface area contributed by atoms with E-state index in [4.69, 9.17) is 0 Å². The van der Waals surface area contributed by atoms with Gasteiger partial charge in [0, 0.05) is 26.2 Å². The molecule has 5 nitrogen and oxygen atoms in total. The van der Waals surface area contributed by atoms with Crippen molar-refractivity contribution >= 4 is 11.8 Å². The molecule has 2 rings (SSSR count). The van der Waals surface area contributed by atoms with Gasteiger partial charge in [0.25, 0.3) is 0 Å². The Labute approximate surface area is 124 Å². The zero-order chi connectivity index (χ0) is 14.7. The van der Waals surface area contributed by atoms with E-state index in [1.165, 1.54) is 10.6 Å². The molecule has 0 aliphatic heterocycles. The van der Waals surface area contributed by atoms with E-state index in [2.05, 4.69) is 35.4 Å². The lowest BCUT2D eigenvalue weighted by molar-refractivity contribution is 0.649. The Hall–Kier alpha value is -1.27. The quantitative estimate of drug-likeness (QED) is 0.831. The predicted molar refractivity (Wildman–Crippen MR) is 82.0 cm³/mol. The van der Waals surface area contributed by atoms with Crippen LogP contribution in [0.4, 0.5) is 0 Å². The standard InChI is InChI=1S/C14H23N5S/c1-6-7-15-9-12-11(3)17-19(5)14(12)20-13-8-10(2)16-18(13)4/h8,15H,6-7,9H2,1-5H3. The molecule has 0 unspecified atom stereocenters. The van der Waals surface area contributed by atoms with Crippen LogP contribution in [0.25, 0.3) is 0 Å². The van der Waals surface area contributed by atoms with Crippen LogP contribution in [0.5, 0.6) is 0 Å². The molecule has 110 valence electrons. The van der Waals surface area contributed by atoms with Gasteiger partial charge < -0.3 is 5.32 Å². The van der Waals surface area contributed by atoms with Gasteiger partial charge in [-0.2, -0.15) is 10.2 Å². The van der Waals surface area contributed by atoms with Crippen molar-refractivity contribution in [3.63, 3.8) is 0 Å². The molecule has 0 fully saturated rings. The molecule has 0 aliphatic carbocycles. The summed E-state index contributed by atoms with van der Waals surface area (Å²) >= 11 is 1.73. The number of nitrogens with one attached hydrogen (secondary N) is 1. The highest BCUT2D eigenvalue weighted by Gasteiger charge is 2.16. The van der Waals surface area contributed by atoms with Crippen LogP contribution < -0.4 is 5.32 Å². The Kier molecular flexibility index (Phi) is 4.88. The number of nitrogens with zero attached hydrogens (tertiary/aromatic N) is 4. The smallest absolute Gasteiger partial charge is 0.105 e. The van der Waals surface area contributed by atoms with Gasteiger partial charge in [-0.05, 0) is 32.9 Å². The molecule has 0 saturated carbocycles. The Morgan fingerprint density at radius 2 is 1.95 bits per heavy atom. The van der Waals surface area contributed by atoms with Crippen molar-refractivity contribution in [3.05, 3.63) is 23.0 Å². The average Bonchev–Trinajstić information content (AvgIpc) is 2.83. The van der Waals surface area contributed by atoms with E-state index in [1.54, 1.807) is 11.8 Å². The second kappa shape index (κ2) is 6.45. The van der Waals surface area contributed by atoms with Gasteiger partial charge in [-0.3, -0.25) is 9.36 Å². The molecule has 0 aromatic carbocycles. The summed E-state index contributed by atoms with van der Waals surface area (Å²) in [7, 11) is 3.98. The SMILES string of the molecule is CCCNCc1c(C)nn(C)c1Sc1cc(C)nn1C. The summed E-state index contributed by atoms with van der Waals surface area (Å²) in [4.78, 5) is 0. The normalized spacial score (nSPS) is 11.2. The first-order chi connectivity index (χ1) is 9.52. The van der Waals surface area contributed by atoms with Crippen molar-refractivity contribution in [2.24, 2.45) is 14.1 Å². The minimum Gasteiger partial charge on any atom is -0.313 e. The maximum Gasteiger partial charge on any atom is 0.105 e. The summed E-state index contributed by atoms with van der Waals surface area (Å²) in [6.07, 6.45) is 1.14. The molecule has 0 saturated heterocycles. The molecule has 0 spiro atoms. The van der Waals surface area contributed by atoms with Crippen molar-refractivity contribution in [2.75, 3.05) is 6.54 Å². The maximum absolute atomic E-state index is 4.55. The molecule has 0 aliphatic rings. The number of hydrogen-bond donors (Lipinski definition) is 1. The monoisotopic (exact) mass is 293 g/mol. The first-order valence-corrected chi connectivity index (χ1v) is 7.76. The van der Waals surface area contributed by atoms with Gasteiger partial charge in [0.05, 0.1) is 11.4 Å². The zero-order valence-electron chi connectivity index (χ0n) is 12.9. The highest BCUT2D eigenvalue weighted by atomic mass is 32.2. The van der Waals surface area contributed by atoms with Crippen molar-refractivity contribution in [2.45, 2.75) is 43.8 Å². The van der Waals surface area contributed by atoms with Crippen molar-refractivity contribution in [3.8, 4) is 0 Å². The maximum atomic E-state index is 4.55. The summed E-state index contributed by atoms with van der Waals surface area (Å²) in [5.41, 5.74) is 3.42. The van der Waals surface area contributed by atoms with Crippen LogP contribution in [0.15, 0.2) is 16.1 Å². The van der Waals surface area contributed by atoms with Crippen LogP contribution >= 0.6 is 11.8 Å². The van der Waals surface area contributed by atoms with E-state index in [0.29, 0.717) is 0 Å². The van der Waals surface area contributed by atoms with Crippen LogP contribution in [-0.2, 0) is 20.6 Å². The van der Waals surface area contributed by atoms with Gasteiger partial charge >= 0.3 is 0 Å². The summed E-state index contributed by atoms with van der Waals surface area (Å²) in [5.74, 6) is 0. The van der Waals surface area contributed by atoms with Gasteiger partial charge in [0.1, 0.15) is 10.1 Å². The van der Waals surface area contributed by atoms with Crippen molar-refractivity contribution in [1.29, 1.82) is 0 Å². The van der Waals surface area contributed by atoms with Gasteiger partial charge in [-0.25, -0.2) is 0 Å². The Balaban J connectivity index is 2.24. The summed E-state index contributed by atoms with van der Waals surface area (Å²) in [5, 5.41) is 14.7. The van der Waals surface area contributed by atoms with Crippen molar-refractivity contribution < 1.29 is 0 Å². The molecule has 2 aromatic rings. The molecule has 20 heavy (non-hydrogen) atoms. The fourth-order valence-electron chi connectivity index (χ4n) is 2.18. The van der Waals surface area contributed by atoms with Crippen molar-refractivity contribution in [1.82, 2.24) is 24.9 Å². The number of aryl methyl sites for hydroxylation is 4. The van der Waals surface area contributed by atoms with E-state index in [0.717, 1.165) is 35.9 Å². The first kappa shape index (κ1) is 15.1. The molecule has 0 amide bonds. The van der Waals surface area contributed by atoms with Crippen LogP contribution in [-0.4, -0.2) is 26.1 Å². The lowest BCUT2D eigenvalue weighted by Gasteiger charge is -2.07. The molecule has 1 N–H and O–H groups in total. The Morgan fingerprint density at radius 3 is 2.55 bits per heavy atom. The largest absolute Gasteiger partial charge is 0.313 e. The molecule has 0 radical (unpaired) electrons. The molecule has 0 bridgehead atoms. The Bertz CT molecular complexity index is 585. The van der Waals surface area contributed by atoms with Gasteiger partial charge in [0.2, 0.25) is 0 Å². The fourth-order valence-corrected chi connectivity index (χ4v) is 3.30. The number of rotatable bonds is 6. The van der Waals surface area contributed by atoms with Gasteiger partial charge in [-0.1, -0.05) is 18.7 Å². The summed E-state index contributed by atoms with van der Waals surface area (Å²) < 4.78 is 3.89. The van der Waals surface area contributed by atoms with Crippen LogP contribution in [0.2, 0.25) is 0 Å². The van der Waals surface area contributed by atoms with E-state index >= 15 is 0 Å². The van der Waals surface area contributed by atoms with Gasteiger partial charge in [-0.15, -0.1) is 0 Å². The van der Waals surface area contributed by atoms with Crippen LogP contribution in [0.3, 0.4) is 0 Å². The molecule has 0 atom stereocenters. The molecular formula is C14H23N5S. The molecule has 2 heterocycles. The van der Waals surface area contributed by atoms with Crippen LogP contribution in [0, 0.1) is 13.8 Å². The third-order valence-corrected chi connectivity index (χ3v) is 4.47. The van der Waals surface area contributed by atoms with Crippen LogP contribution in [0.1, 0.15) is 30.3 Å². The summed E-state index contributed by atoms with van der Waals surface area (Å²) in [6, 6.07) is 2.11. The Morgan fingerprint density at radius 1 is 1.20 bits per heavy atom. The summed E-state index contributed by atoms with van der Waals surface area (Å²) in [6.45, 7) is 8.16. The van der Waals surface area contributed by atoms with E-state index in [1.807, 2.05) is 30.4 Å². The second-order valence-corrected chi connectivity index (χ2v) is 6.03. The van der Waals surface area contributed by atoms with E-state index in [9.17, 15) is 0 Å². The topological polar surface area (TPSA) is 47.7 Å². The minimum atomic E-state index is 0.868. The molecular weight excluding hydrogens is 270 g/mol. The fraction of sp³-hybridized carbons (Fsp3) is 0.571. The molecule has 6 heteroatoms. The van der Waals surface area contributed by atoms with E-state index < -0.39 is 0 Å². The predicted octanol–water partition coefficient (Wildman–Crippen LogP) is 2.42. The van der Waals surface area contributed by atoms with E-state index in [-0.39, 0.29) is 0 Å². The molecule has 2 aromatic heterocycles. The zero-order valence-corrected chi connectivity index (χ0v) is 13.7. The lowest BCUT2D eigenvalue weighted by atomic mass is 10.2. The number of aromatic nitrogens is 4. The number of hydrogen-bond acceptors (Lipinski definition) is 4. The first-order valence-electron chi connectivity index (χ1n) is 6.94. The highest BCUT2D eigenvalue weighted by molar-refractivity contribution is 7.99. The average molecular weight is 293 g/mol.